The first-order chi connectivity index (χ1) is 9.19. The maximum absolute atomic E-state index is 12.0. The van der Waals surface area contributed by atoms with Crippen molar-refractivity contribution in [2.24, 2.45) is 5.16 Å². The van der Waals surface area contributed by atoms with Crippen LogP contribution in [0.15, 0.2) is 5.16 Å². The summed E-state index contributed by atoms with van der Waals surface area (Å²) in [6, 6.07) is 0. The van der Waals surface area contributed by atoms with Gasteiger partial charge in [0, 0.05) is 0 Å². The summed E-state index contributed by atoms with van der Waals surface area (Å²) in [5, 5.41) is 4.63. The Hall–Kier alpha value is -1.56. The molecule has 1 aromatic rings. The van der Waals surface area contributed by atoms with Gasteiger partial charge in [-0.15, -0.1) is 11.3 Å². The van der Waals surface area contributed by atoms with Crippen LogP contribution in [0.1, 0.15) is 47.5 Å². The predicted molar refractivity (Wildman–Crippen MR) is 75.8 cm³/mol. The molecule has 104 valence electrons. The zero-order chi connectivity index (χ0) is 13.8. The predicted octanol–water partition coefficient (Wildman–Crippen LogP) is 2.58. The van der Waals surface area contributed by atoms with Gasteiger partial charge in [-0.1, -0.05) is 5.16 Å². The van der Waals surface area contributed by atoms with E-state index >= 15 is 0 Å². The number of nitrogens with two attached hydrogens (primary N) is 1. The fourth-order valence-electron chi connectivity index (χ4n) is 2.16. The van der Waals surface area contributed by atoms with Crippen LogP contribution in [0.5, 0.6) is 0 Å². The standard InChI is InChI=1S/C13H18N2O3S/c1-3-17-13(16)10-8-6-5-7-9(15-18-4-2)11(8)19-12(10)14/h3-7,14H2,1-2H3. The highest BCUT2D eigenvalue weighted by Gasteiger charge is 2.28. The topological polar surface area (TPSA) is 73.9 Å². The molecular formula is C13H18N2O3S. The molecule has 5 nitrogen and oxygen atoms in total. The molecule has 0 amide bonds. The van der Waals surface area contributed by atoms with Gasteiger partial charge in [-0.05, 0) is 38.7 Å². The number of nitrogen functional groups attached to an aromatic ring is 1. The Bertz CT molecular complexity index is 508. The molecule has 1 aliphatic rings. The number of rotatable bonds is 4. The van der Waals surface area contributed by atoms with Crippen LogP contribution in [0.4, 0.5) is 5.00 Å². The summed E-state index contributed by atoms with van der Waals surface area (Å²) in [4.78, 5) is 18.0. The van der Waals surface area contributed by atoms with E-state index in [0.29, 0.717) is 23.8 Å². The summed E-state index contributed by atoms with van der Waals surface area (Å²) in [5.41, 5.74) is 8.33. The van der Waals surface area contributed by atoms with Crippen molar-refractivity contribution in [3.05, 3.63) is 16.0 Å². The number of hydrogen-bond acceptors (Lipinski definition) is 6. The Labute approximate surface area is 116 Å². The molecule has 0 radical (unpaired) electrons. The van der Waals surface area contributed by atoms with E-state index in [-0.39, 0.29) is 5.97 Å². The van der Waals surface area contributed by atoms with Gasteiger partial charge in [0.2, 0.25) is 0 Å². The minimum absolute atomic E-state index is 0.338. The molecule has 0 saturated heterocycles. The average molecular weight is 282 g/mol. The van der Waals surface area contributed by atoms with Gasteiger partial charge in [0.1, 0.15) is 11.6 Å². The molecule has 1 aromatic heterocycles. The van der Waals surface area contributed by atoms with E-state index in [1.807, 2.05) is 6.92 Å². The van der Waals surface area contributed by atoms with Gasteiger partial charge in [-0.25, -0.2) is 4.79 Å². The number of oxime groups is 1. The summed E-state index contributed by atoms with van der Waals surface area (Å²) < 4.78 is 5.07. The largest absolute Gasteiger partial charge is 0.462 e. The van der Waals surface area contributed by atoms with Gasteiger partial charge < -0.3 is 15.3 Å². The highest BCUT2D eigenvalue weighted by atomic mass is 32.1. The molecule has 19 heavy (non-hydrogen) atoms. The summed E-state index contributed by atoms with van der Waals surface area (Å²) in [6.45, 7) is 4.56. The summed E-state index contributed by atoms with van der Waals surface area (Å²) in [7, 11) is 0. The molecule has 1 heterocycles. The van der Waals surface area contributed by atoms with Crippen LogP contribution < -0.4 is 5.73 Å². The third-order valence-electron chi connectivity index (χ3n) is 2.92. The number of anilines is 1. The quantitative estimate of drug-likeness (QED) is 0.680. The molecule has 0 aliphatic heterocycles. The van der Waals surface area contributed by atoms with E-state index in [2.05, 4.69) is 5.16 Å². The molecule has 2 rings (SSSR count). The van der Waals surface area contributed by atoms with Gasteiger partial charge >= 0.3 is 5.97 Å². The lowest BCUT2D eigenvalue weighted by molar-refractivity contribution is 0.0527. The van der Waals surface area contributed by atoms with Crippen LogP contribution in [0.3, 0.4) is 0 Å². The molecule has 2 N–H and O–H groups in total. The SMILES string of the molecule is CCON=C1CCCc2c1sc(N)c2C(=O)OCC. The fraction of sp³-hybridized carbons (Fsp3) is 0.538. The normalized spacial score (nSPS) is 16.2. The van der Waals surface area contributed by atoms with Crippen molar-refractivity contribution < 1.29 is 14.4 Å². The number of thiophene rings is 1. The smallest absolute Gasteiger partial charge is 0.341 e. The molecule has 1 aliphatic carbocycles. The molecule has 0 saturated carbocycles. The maximum Gasteiger partial charge on any atom is 0.341 e. The number of ether oxygens (including phenoxy) is 1. The zero-order valence-electron chi connectivity index (χ0n) is 11.2. The van der Waals surface area contributed by atoms with Crippen molar-refractivity contribution in [1.29, 1.82) is 0 Å². The van der Waals surface area contributed by atoms with E-state index < -0.39 is 0 Å². The third kappa shape index (κ3) is 2.73. The molecule has 0 spiro atoms. The highest BCUT2D eigenvalue weighted by molar-refractivity contribution is 7.18. The van der Waals surface area contributed by atoms with Gasteiger partial charge in [-0.3, -0.25) is 0 Å². The van der Waals surface area contributed by atoms with Gasteiger partial charge in [0.15, 0.2) is 0 Å². The van der Waals surface area contributed by atoms with Crippen molar-refractivity contribution in [2.75, 3.05) is 18.9 Å². The molecule has 6 heteroatoms. The summed E-state index contributed by atoms with van der Waals surface area (Å²) in [6.07, 6.45) is 2.64. The minimum Gasteiger partial charge on any atom is -0.462 e. The van der Waals surface area contributed by atoms with Gasteiger partial charge in [-0.2, -0.15) is 0 Å². The molecule has 0 aromatic carbocycles. The number of hydrogen-bond donors (Lipinski definition) is 1. The van der Waals surface area contributed by atoms with Crippen LogP contribution in [-0.2, 0) is 16.0 Å². The lowest BCUT2D eigenvalue weighted by atomic mass is 9.94. The van der Waals surface area contributed by atoms with Crippen molar-refractivity contribution in [1.82, 2.24) is 0 Å². The monoisotopic (exact) mass is 282 g/mol. The number of esters is 1. The summed E-state index contributed by atoms with van der Waals surface area (Å²) >= 11 is 1.40. The van der Waals surface area contributed by atoms with E-state index in [4.69, 9.17) is 15.3 Å². The Balaban J connectivity index is 2.40. The molecular weight excluding hydrogens is 264 g/mol. The van der Waals surface area contributed by atoms with Crippen LogP contribution in [0, 0.1) is 0 Å². The second-order valence-electron chi connectivity index (χ2n) is 4.18. The Morgan fingerprint density at radius 1 is 1.37 bits per heavy atom. The minimum atomic E-state index is -0.338. The van der Waals surface area contributed by atoms with Crippen molar-refractivity contribution >= 4 is 28.0 Å². The van der Waals surface area contributed by atoms with Crippen LogP contribution in [-0.4, -0.2) is 24.9 Å². The second kappa shape index (κ2) is 6.06. The first-order valence-electron chi connectivity index (χ1n) is 6.46. The molecule has 0 bridgehead atoms. The highest BCUT2D eigenvalue weighted by Crippen LogP contribution is 2.37. The number of carbonyl (C=O) groups is 1. The van der Waals surface area contributed by atoms with E-state index in [0.717, 1.165) is 35.4 Å². The summed E-state index contributed by atoms with van der Waals surface area (Å²) in [5.74, 6) is -0.338. The van der Waals surface area contributed by atoms with Crippen LogP contribution in [0.25, 0.3) is 0 Å². The fourth-order valence-corrected chi connectivity index (χ4v) is 3.27. The van der Waals surface area contributed by atoms with Crippen molar-refractivity contribution in [3.63, 3.8) is 0 Å². The Morgan fingerprint density at radius 3 is 2.84 bits per heavy atom. The average Bonchev–Trinajstić information content (AvgIpc) is 2.73. The molecule has 0 atom stereocenters. The van der Waals surface area contributed by atoms with Crippen LogP contribution >= 0.6 is 11.3 Å². The van der Waals surface area contributed by atoms with Gasteiger partial charge in [0.25, 0.3) is 0 Å². The van der Waals surface area contributed by atoms with E-state index in [1.54, 1.807) is 6.92 Å². The van der Waals surface area contributed by atoms with Crippen molar-refractivity contribution in [3.8, 4) is 0 Å². The lowest BCUT2D eigenvalue weighted by Gasteiger charge is -2.14. The first kappa shape index (κ1) is 13.9. The van der Waals surface area contributed by atoms with Crippen molar-refractivity contribution in [2.45, 2.75) is 33.1 Å². The number of carbonyl (C=O) groups excluding carboxylic acids is 1. The molecule has 0 fully saturated rings. The Morgan fingerprint density at radius 2 is 2.16 bits per heavy atom. The van der Waals surface area contributed by atoms with E-state index in [9.17, 15) is 4.79 Å². The number of nitrogens with zero attached hydrogens (tertiary/aromatic N) is 1. The second-order valence-corrected chi connectivity index (χ2v) is 5.23. The van der Waals surface area contributed by atoms with Crippen LogP contribution in [0.2, 0.25) is 0 Å². The maximum atomic E-state index is 12.0. The lowest BCUT2D eigenvalue weighted by Crippen LogP contribution is -2.14. The first-order valence-corrected chi connectivity index (χ1v) is 7.28. The molecule has 0 unspecified atom stereocenters. The third-order valence-corrected chi connectivity index (χ3v) is 4.03. The Kier molecular flexibility index (Phi) is 4.42. The number of fused-ring (bicyclic) bond motifs is 1. The van der Waals surface area contributed by atoms with Gasteiger partial charge in [0.05, 0.1) is 22.8 Å². The van der Waals surface area contributed by atoms with E-state index in [1.165, 1.54) is 11.3 Å². The zero-order valence-corrected chi connectivity index (χ0v) is 12.0.